The monoisotopic (exact) mass is 406 g/mol. The molecule has 0 saturated heterocycles. The Kier molecular flexibility index (Phi) is 5.52. The van der Waals surface area contributed by atoms with E-state index >= 15 is 0 Å². The van der Waals surface area contributed by atoms with Crippen LogP contribution in [0.4, 0.5) is 20.3 Å². The average molecular weight is 406 g/mol. The Bertz CT molecular complexity index is 1080. The minimum atomic E-state index is -0.998. The van der Waals surface area contributed by atoms with E-state index in [9.17, 15) is 13.6 Å². The van der Waals surface area contributed by atoms with Crippen LogP contribution in [0.3, 0.4) is 0 Å². The van der Waals surface area contributed by atoms with E-state index in [0.29, 0.717) is 5.69 Å². The van der Waals surface area contributed by atoms with Crippen LogP contribution in [0, 0.1) is 11.6 Å². The fraction of sp³-hybridized carbons (Fsp3) is 0.174. The molecule has 30 heavy (non-hydrogen) atoms. The van der Waals surface area contributed by atoms with Gasteiger partial charge in [-0.25, -0.2) is 13.8 Å². The van der Waals surface area contributed by atoms with Crippen molar-refractivity contribution in [2.24, 2.45) is 0 Å². The van der Waals surface area contributed by atoms with Crippen molar-refractivity contribution in [2.45, 2.75) is 13.3 Å². The molecule has 0 saturated carbocycles. The van der Waals surface area contributed by atoms with Crippen LogP contribution < -0.4 is 10.2 Å². The van der Waals surface area contributed by atoms with Gasteiger partial charge < -0.3 is 10.2 Å². The van der Waals surface area contributed by atoms with Gasteiger partial charge in [-0.2, -0.15) is 0 Å². The van der Waals surface area contributed by atoms with Crippen LogP contribution in [0.1, 0.15) is 29.3 Å². The van der Waals surface area contributed by atoms with Gasteiger partial charge in [0.2, 0.25) is 0 Å². The second-order valence-electron chi connectivity index (χ2n) is 7.13. The molecule has 0 radical (unpaired) electrons. The number of halogens is 2. The summed E-state index contributed by atoms with van der Waals surface area (Å²) >= 11 is 0. The number of hydrogen-bond donors (Lipinski definition) is 1. The van der Waals surface area contributed by atoms with Crippen molar-refractivity contribution >= 4 is 23.0 Å². The third-order valence-corrected chi connectivity index (χ3v) is 5.17. The summed E-state index contributed by atoms with van der Waals surface area (Å²) in [6, 6.07) is 13.1. The summed E-state index contributed by atoms with van der Waals surface area (Å²) in [5.74, 6) is -1.91. The first-order chi connectivity index (χ1) is 14.5. The van der Waals surface area contributed by atoms with E-state index in [1.807, 2.05) is 30.3 Å². The van der Waals surface area contributed by atoms with Gasteiger partial charge in [0.25, 0.3) is 5.91 Å². The van der Waals surface area contributed by atoms with Crippen LogP contribution >= 0.6 is 0 Å². The molecule has 152 valence electrons. The second-order valence-corrected chi connectivity index (χ2v) is 7.13. The first-order valence-corrected chi connectivity index (χ1v) is 9.58. The number of carbonyl (C=O) groups excluding carboxylic acids is 1. The lowest BCUT2D eigenvalue weighted by Crippen LogP contribution is -2.31. The Morgan fingerprint density at radius 3 is 2.47 bits per heavy atom. The van der Waals surface area contributed by atoms with Crippen molar-refractivity contribution in [3.05, 3.63) is 89.4 Å². The lowest BCUT2D eigenvalue weighted by Gasteiger charge is -2.31. The molecule has 5 nitrogen and oxygen atoms in total. The zero-order chi connectivity index (χ0) is 21.1. The Morgan fingerprint density at radius 1 is 1.07 bits per heavy atom. The van der Waals surface area contributed by atoms with Gasteiger partial charge in [0.1, 0.15) is 11.4 Å². The van der Waals surface area contributed by atoms with E-state index in [1.54, 1.807) is 18.3 Å². The highest BCUT2D eigenvalue weighted by molar-refractivity contribution is 6.04. The van der Waals surface area contributed by atoms with Crippen LogP contribution in [-0.4, -0.2) is 29.0 Å². The normalized spacial score (nSPS) is 14.0. The number of hydrogen-bond acceptors (Lipinski definition) is 4. The number of aromatic nitrogens is 2. The molecule has 1 aromatic carbocycles. The maximum absolute atomic E-state index is 13.8. The minimum absolute atomic E-state index is 0.454. The number of rotatable bonds is 4. The van der Waals surface area contributed by atoms with Crippen LogP contribution in [-0.2, 0) is 0 Å². The van der Waals surface area contributed by atoms with Gasteiger partial charge in [-0.3, -0.25) is 9.78 Å². The van der Waals surface area contributed by atoms with Gasteiger partial charge in [0.05, 0.1) is 12.4 Å². The maximum Gasteiger partial charge on any atom is 0.261 e. The van der Waals surface area contributed by atoms with Gasteiger partial charge in [0.15, 0.2) is 11.6 Å². The molecule has 7 heteroatoms. The highest BCUT2D eigenvalue weighted by Crippen LogP contribution is 2.29. The summed E-state index contributed by atoms with van der Waals surface area (Å²) in [5.41, 5.74) is 3.35. The van der Waals surface area contributed by atoms with Crippen LogP contribution in [0.5, 0.6) is 0 Å². The summed E-state index contributed by atoms with van der Waals surface area (Å²) in [4.78, 5) is 22.3. The zero-order valence-corrected chi connectivity index (χ0v) is 16.4. The van der Waals surface area contributed by atoms with Crippen molar-refractivity contribution in [3.63, 3.8) is 0 Å². The predicted molar refractivity (Wildman–Crippen MR) is 112 cm³/mol. The van der Waals surface area contributed by atoms with Crippen molar-refractivity contribution < 1.29 is 13.6 Å². The molecule has 0 spiro atoms. The molecular formula is C23H20F2N4O. The highest BCUT2D eigenvalue weighted by atomic mass is 19.1. The minimum Gasteiger partial charge on any atom is -0.352 e. The van der Waals surface area contributed by atoms with Gasteiger partial charge in [-0.15, -0.1) is 0 Å². The van der Waals surface area contributed by atoms with Crippen molar-refractivity contribution in [1.82, 2.24) is 9.97 Å². The molecule has 0 fully saturated rings. The molecule has 3 aromatic rings. The SMILES string of the molecule is CC1=C(c2ccc(NC(=O)c3c(F)cncc3F)cc2)CN(c2ccccn2)CC1. The van der Waals surface area contributed by atoms with Gasteiger partial charge >= 0.3 is 0 Å². The average Bonchev–Trinajstić information content (AvgIpc) is 2.75. The number of carbonyl (C=O) groups is 1. The van der Waals surface area contributed by atoms with Crippen LogP contribution in [0.15, 0.2) is 66.6 Å². The number of amides is 1. The quantitative estimate of drug-likeness (QED) is 0.683. The molecule has 4 rings (SSSR count). The van der Waals surface area contributed by atoms with Gasteiger partial charge in [-0.05, 0) is 48.7 Å². The molecular weight excluding hydrogens is 386 g/mol. The predicted octanol–water partition coefficient (Wildman–Crippen LogP) is 4.69. The van der Waals surface area contributed by atoms with Gasteiger partial charge in [0, 0.05) is 25.0 Å². The lowest BCUT2D eigenvalue weighted by molar-refractivity contribution is 0.101. The van der Waals surface area contributed by atoms with E-state index < -0.39 is 23.1 Å². The number of benzene rings is 1. The summed E-state index contributed by atoms with van der Waals surface area (Å²) < 4.78 is 27.5. The first-order valence-electron chi connectivity index (χ1n) is 9.58. The summed E-state index contributed by atoms with van der Waals surface area (Å²) in [6.45, 7) is 3.77. The maximum atomic E-state index is 13.8. The molecule has 2 aromatic heterocycles. The van der Waals surface area contributed by atoms with E-state index in [2.05, 4.69) is 27.1 Å². The third kappa shape index (κ3) is 4.05. The van der Waals surface area contributed by atoms with Crippen LogP contribution in [0.2, 0.25) is 0 Å². The van der Waals surface area contributed by atoms with E-state index in [-0.39, 0.29) is 0 Å². The fourth-order valence-corrected chi connectivity index (χ4v) is 3.51. The molecule has 0 atom stereocenters. The number of pyridine rings is 2. The first kappa shape index (κ1) is 19.7. The zero-order valence-electron chi connectivity index (χ0n) is 16.4. The van der Waals surface area contributed by atoms with Crippen molar-refractivity contribution in [3.8, 4) is 0 Å². The van der Waals surface area contributed by atoms with Crippen molar-refractivity contribution in [1.29, 1.82) is 0 Å². The second kappa shape index (κ2) is 8.41. The third-order valence-electron chi connectivity index (χ3n) is 5.17. The fourth-order valence-electron chi connectivity index (χ4n) is 3.51. The molecule has 0 aliphatic carbocycles. The topological polar surface area (TPSA) is 58.1 Å². The molecule has 1 amide bonds. The Hall–Kier alpha value is -3.61. The number of nitrogens with zero attached hydrogens (tertiary/aromatic N) is 3. The largest absolute Gasteiger partial charge is 0.352 e. The summed E-state index contributed by atoms with van der Waals surface area (Å²) in [6.07, 6.45) is 4.34. The Balaban J connectivity index is 1.51. The standard InChI is InChI=1S/C23H20F2N4O/c1-15-9-11-29(21-4-2-3-10-27-21)14-18(15)16-5-7-17(8-6-16)28-23(30)22-19(24)12-26-13-20(22)25/h2-8,10,12-13H,9,11,14H2,1H3,(H,28,30). The smallest absolute Gasteiger partial charge is 0.261 e. The van der Waals surface area contributed by atoms with Gasteiger partial charge in [-0.1, -0.05) is 23.8 Å². The van der Waals surface area contributed by atoms with E-state index in [1.165, 1.54) is 11.1 Å². The molecule has 0 unspecified atom stereocenters. The number of nitrogens with one attached hydrogen (secondary N) is 1. The lowest BCUT2D eigenvalue weighted by atomic mass is 9.95. The molecule has 1 N–H and O–H groups in total. The highest BCUT2D eigenvalue weighted by Gasteiger charge is 2.20. The van der Waals surface area contributed by atoms with Crippen molar-refractivity contribution in [2.75, 3.05) is 23.3 Å². The van der Waals surface area contributed by atoms with E-state index in [0.717, 1.165) is 43.3 Å². The van der Waals surface area contributed by atoms with E-state index in [4.69, 9.17) is 0 Å². The summed E-state index contributed by atoms with van der Waals surface area (Å²) in [7, 11) is 0. The molecule has 3 heterocycles. The van der Waals surface area contributed by atoms with Crippen LogP contribution in [0.25, 0.3) is 5.57 Å². The Labute approximate surface area is 173 Å². The molecule has 1 aliphatic rings. The number of anilines is 2. The molecule has 0 bridgehead atoms. The molecule has 1 aliphatic heterocycles. The summed E-state index contributed by atoms with van der Waals surface area (Å²) in [5, 5.41) is 2.53. The Morgan fingerprint density at radius 2 is 1.80 bits per heavy atom.